The fourth-order valence-electron chi connectivity index (χ4n) is 4.24. The zero-order chi connectivity index (χ0) is 18.4. The minimum Gasteiger partial charge on any atom is -0.462 e. The molecule has 0 aliphatic heterocycles. The zero-order valence-corrected chi connectivity index (χ0v) is 15.1. The first kappa shape index (κ1) is 18.6. The quantitative estimate of drug-likeness (QED) is 0.545. The standard InChI is InChI=1S/C22H26FNO2/c23-20-11-9-18(10-12-20)17-5-7-19(8-6-17)22(25)26-21-13-3-16(4-14-21)2-1-15-24/h1-2,9-12,16-17,19,21H,3-8,13-14H2/b2-1+/t16?,17-,19-,21?. The highest BCUT2D eigenvalue weighted by Crippen LogP contribution is 2.37. The Morgan fingerprint density at radius 3 is 2.31 bits per heavy atom. The molecule has 3 nitrogen and oxygen atoms in total. The lowest BCUT2D eigenvalue weighted by Crippen LogP contribution is -2.29. The normalized spacial score (nSPS) is 29.2. The second kappa shape index (κ2) is 8.98. The van der Waals surface area contributed by atoms with E-state index in [0.29, 0.717) is 11.8 Å². The summed E-state index contributed by atoms with van der Waals surface area (Å²) in [6.45, 7) is 0. The molecule has 1 aromatic rings. The maximum atomic E-state index is 13.1. The van der Waals surface area contributed by atoms with E-state index in [4.69, 9.17) is 10.00 Å². The van der Waals surface area contributed by atoms with Crippen LogP contribution >= 0.6 is 0 Å². The summed E-state index contributed by atoms with van der Waals surface area (Å²) in [5.41, 5.74) is 1.17. The zero-order valence-electron chi connectivity index (χ0n) is 15.1. The molecule has 0 radical (unpaired) electrons. The van der Waals surface area contributed by atoms with Gasteiger partial charge in [-0.05, 0) is 80.9 Å². The molecular weight excluding hydrogens is 329 g/mol. The summed E-state index contributed by atoms with van der Waals surface area (Å²) in [5, 5.41) is 8.59. The van der Waals surface area contributed by atoms with E-state index in [9.17, 15) is 9.18 Å². The minimum absolute atomic E-state index is 0.00269. The molecule has 0 spiro atoms. The molecule has 138 valence electrons. The van der Waals surface area contributed by atoms with E-state index in [0.717, 1.165) is 51.4 Å². The van der Waals surface area contributed by atoms with Crippen molar-refractivity contribution in [2.45, 2.75) is 63.4 Å². The number of allylic oxidation sites excluding steroid dienone is 2. The number of benzene rings is 1. The van der Waals surface area contributed by atoms with Crippen molar-refractivity contribution in [3.05, 3.63) is 47.8 Å². The third-order valence-electron chi connectivity index (χ3n) is 5.85. The molecule has 0 atom stereocenters. The number of hydrogen-bond acceptors (Lipinski definition) is 3. The van der Waals surface area contributed by atoms with Gasteiger partial charge in [-0.25, -0.2) is 4.39 Å². The molecule has 0 heterocycles. The molecule has 2 aliphatic rings. The third-order valence-corrected chi connectivity index (χ3v) is 5.85. The van der Waals surface area contributed by atoms with E-state index < -0.39 is 0 Å². The van der Waals surface area contributed by atoms with Gasteiger partial charge in [-0.15, -0.1) is 0 Å². The summed E-state index contributed by atoms with van der Waals surface area (Å²) < 4.78 is 18.8. The van der Waals surface area contributed by atoms with E-state index in [-0.39, 0.29) is 23.8 Å². The van der Waals surface area contributed by atoms with Crippen molar-refractivity contribution in [3.63, 3.8) is 0 Å². The van der Waals surface area contributed by atoms with Crippen LogP contribution in [0.1, 0.15) is 62.8 Å². The van der Waals surface area contributed by atoms with Crippen LogP contribution in [0.4, 0.5) is 4.39 Å². The summed E-state index contributed by atoms with van der Waals surface area (Å²) in [6.07, 6.45) is 10.9. The van der Waals surface area contributed by atoms with Crippen LogP contribution in [0.5, 0.6) is 0 Å². The number of hydrogen-bond donors (Lipinski definition) is 0. The molecule has 0 bridgehead atoms. The average molecular weight is 355 g/mol. The van der Waals surface area contributed by atoms with Crippen LogP contribution in [0, 0.1) is 29.0 Å². The average Bonchev–Trinajstić information content (AvgIpc) is 2.68. The Kier molecular flexibility index (Phi) is 6.44. The highest BCUT2D eigenvalue weighted by atomic mass is 19.1. The van der Waals surface area contributed by atoms with Crippen molar-refractivity contribution >= 4 is 5.97 Å². The fourth-order valence-corrected chi connectivity index (χ4v) is 4.24. The van der Waals surface area contributed by atoms with E-state index in [1.165, 1.54) is 17.7 Å². The van der Waals surface area contributed by atoms with Crippen molar-refractivity contribution in [1.29, 1.82) is 5.26 Å². The first-order valence-corrected chi connectivity index (χ1v) is 9.68. The molecule has 1 aromatic carbocycles. The summed E-state index contributed by atoms with van der Waals surface area (Å²) in [5.74, 6) is 0.614. The third kappa shape index (κ3) is 4.94. The van der Waals surface area contributed by atoms with E-state index >= 15 is 0 Å². The van der Waals surface area contributed by atoms with Gasteiger partial charge in [0.05, 0.1) is 12.0 Å². The lowest BCUT2D eigenvalue weighted by Gasteiger charge is -2.31. The Bertz CT molecular complexity index is 660. The summed E-state index contributed by atoms with van der Waals surface area (Å²) in [4.78, 5) is 12.5. The number of rotatable bonds is 4. The number of carbonyl (C=O) groups excluding carboxylic acids is 1. The van der Waals surface area contributed by atoms with Crippen LogP contribution in [-0.2, 0) is 9.53 Å². The molecule has 0 amide bonds. The largest absolute Gasteiger partial charge is 0.462 e. The van der Waals surface area contributed by atoms with Crippen LogP contribution in [-0.4, -0.2) is 12.1 Å². The Labute approximate surface area is 154 Å². The number of nitriles is 1. The van der Waals surface area contributed by atoms with Gasteiger partial charge >= 0.3 is 5.97 Å². The minimum atomic E-state index is -0.205. The second-order valence-electron chi connectivity index (χ2n) is 7.56. The fraction of sp³-hybridized carbons (Fsp3) is 0.545. The van der Waals surface area contributed by atoms with Gasteiger partial charge < -0.3 is 4.74 Å². The Hall–Kier alpha value is -2.15. The number of carbonyl (C=O) groups is 1. The van der Waals surface area contributed by atoms with Crippen LogP contribution in [0.25, 0.3) is 0 Å². The lowest BCUT2D eigenvalue weighted by molar-refractivity contribution is -0.157. The molecule has 0 unspecified atom stereocenters. The SMILES string of the molecule is N#C/C=C/C1CCC(OC(=O)[C@H]2CC[C@H](c3ccc(F)cc3)CC2)CC1. The summed E-state index contributed by atoms with van der Waals surface area (Å²) >= 11 is 0. The molecule has 0 saturated heterocycles. The van der Waals surface area contributed by atoms with Gasteiger partial charge in [0.15, 0.2) is 0 Å². The molecule has 26 heavy (non-hydrogen) atoms. The van der Waals surface area contributed by atoms with Gasteiger partial charge in [0.1, 0.15) is 11.9 Å². The van der Waals surface area contributed by atoms with Crippen molar-refractivity contribution in [3.8, 4) is 6.07 Å². The molecule has 0 N–H and O–H groups in total. The topological polar surface area (TPSA) is 50.1 Å². The number of esters is 1. The predicted octanol–water partition coefficient (Wildman–Crippen LogP) is 5.28. The van der Waals surface area contributed by atoms with E-state index in [1.54, 1.807) is 6.08 Å². The molecule has 4 heteroatoms. The highest BCUT2D eigenvalue weighted by Gasteiger charge is 2.30. The summed E-state index contributed by atoms with van der Waals surface area (Å²) in [6, 6.07) is 8.78. The number of nitrogens with zero attached hydrogens (tertiary/aromatic N) is 1. The Morgan fingerprint density at radius 1 is 1.04 bits per heavy atom. The van der Waals surface area contributed by atoms with Crippen molar-refractivity contribution in [1.82, 2.24) is 0 Å². The summed E-state index contributed by atoms with van der Waals surface area (Å²) in [7, 11) is 0. The molecule has 2 fully saturated rings. The van der Waals surface area contributed by atoms with Gasteiger partial charge in [0.2, 0.25) is 0 Å². The van der Waals surface area contributed by atoms with Gasteiger partial charge in [0, 0.05) is 6.08 Å². The van der Waals surface area contributed by atoms with Gasteiger partial charge in [-0.1, -0.05) is 18.2 Å². The van der Waals surface area contributed by atoms with Crippen molar-refractivity contribution in [2.75, 3.05) is 0 Å². The molecule has 0 aromatic heterocycles. The molecule has 3 rings (SSSR count). The molecular formula is C22H26FNO2. The van der Waals surface area contributed by atoms with Crippen LogP contribution in [0.3, 0.4) is 0 Å². The maximum Gasteiger partial charge on any atom is 0.309 e. The Balaban J connectivity index is 1.42. The first-order valence-electron chi connectivity index (χ1n) is 9.68. The van der Waals surface area contributed by atoms with E-state index in [2.05, 4.69) is 0 Å². The van der Waals surface area contributed by atoms with Crippen LogP contribution < -0.4 is 0 Å². The van der Waals surface area contributed by atoms with Gasteiger partial charge in [-0.2, -0.15) is 5.26 Å². The van der Waals surface area contributed by atoms with Crippen LogP contribution in [0.15, 0.2) is 36.4 Å². The smallest absolute Gasteiger partial charge is 0.309 e. The molecule has 2 saturated carbocycles. The lowest BCUT2D eigenvalue weighted by atomic mass is 9.78. The predicted molar refractivity (Wildman–Crippen MR) is 97.7 cm³/mol. The number of halogens is 1. The van der Waals surface area contributed by atoms with Crippen molar-refractivity contribution in [2.24, 2.45) is 11.8 Å². The van der Waals surface area contributed by atoms with Gasteiger partial charge in [0.25, 0.3) is 0 Å². The van der Waals surface area contributed by atoms with Gasteiger partial charge in [-0.3, -0.25) is 4.79 Å². The van der Waals surface area contributed by atoms with Crippen LogP contribution in [0.2, 0.25) is 0 Å². The monoisotopic (exact) mass is 355 g/mol. The first-order chi connectivity index (χ1) is 12.7. The Morgan fingerprint density at radius 2 is 1.69 bits per heavy atom. The van der Waals surface area contributed by atoms with E-state index in [1.807, 2.05) is 24.3 Å². The molecule has 2 aliphatic carbocycles. The second-order valence-corrected chi connectivity index (χ2v) is 7.56. The van der Waals surface area contributed by atoms with Crippen molar-refractivity contribution < 1.29 is 13.9 Å². The number of ether oxygens (including phenoxy) is 1. The maximum absolute atomic E-state index is 13.1. The highest BCUT2D eigenvalue weighted by molar-refractivity contribution is 5.72.